The Balaban J connectivity index is 1.78. The summed E-state index contributed by atoms with van der Waals surface area (Å²) >= 11 is 0. The van der Waals surface area contributed by atoms with Crippen LogP contribution in [0.4, 0.5) is 10.1 Å². The Hall–Kier alpha value is -3.75. The number of amides is 2. The zero-order chi connectivity index (χ0) is 24.7. The lowest BCUT2D eigenvalue weighted by atomic mass is 10.2. The summed E-state index contributed by atoms with van der Waals surface area (Å²) in [5, 5.41) is 5.73. The normalized spacial score (nSPS) is 11.1. The van der Waals surface area contributed by atoms with Crippen molar-refractivity contribution in [2.75, 3.05) is 11.9 Å². The van der Waals surface area contributed by atoms with Crippen molar-refractivity contribution in [3.8, 4) is 0 Å². The Bertz CT molecular complexity index is 1300. The van der Waals surface area contributed by atoms with Gasteiger partial charge in [0.1, 0.15) is 12.4 Å². The molecular formula is C25H29FN4O4. The van der Waals surface area contributed by atoms with Crippen LogP contribution in [0.2, 0.25) is 0 Å². The highest BCUT2D eigenvalue weighted by atomic mass is 19.1. The maximum Gasteiger partial charge on any atom is 0.331 e. The van der Waals surface area contributed by atoms with E-state index < -0.39 is 23.0 Å². The first kappa shape index (κ1) is 24.9. The molecule has 0 fully saturated rings. The molecule has 3 aromatic rings. The number of anilines is 1. The van der Waals surface area contributed by atoms with E-state index in [-0.39, 0.29) is 24.7 Å². The largest absolute Gasteiger partial charge is 0.356 e. The molecular weight excluding hydrogens is 439 g/mol. The number of nitrogens with one attached hydrogen (secondary N) is 2. The van der Waals surface area contributed by atoms with Crippen LogP contribution < -0.4 is 21.9 Å². The number of halogens is 1. The Kier molecular flexibility index (Phi) is 8.34. The van der Waals surface area contributed by atoms with Crippen LogP contribution in [0.3, 0.4) is 0 Å². The molecule has 0 aliphatic rings. The third kappa shape index (κ3) is 6.40. The molecule has 0 saturated heterocycles. The minimum atomic E-state index is -0.609. The predicted molar refractivity (Wildman–Crippen MR) is 129 cm³/mol. The summed E-state index contributed by atoms with van der Waals surface area (Å²) in [5.41, 5.74) is -0.434. The maximum absolute atomic E-state index is 13.4. The molecule has 2 amide bonds. The second kappa shape index (κ2) is 11.4. The number of rotatable bonds is 10. The number of aromatic nitrogens is 2. The third-order valence-corrected chi connectivity index (χ3v) is 5.29. The lowest BCUT2D eigenvalue weighted by Gasteiger charge is -2.14. The van der Waals surface area contributed by atoms with Gasteiger partial charge in [-0.1, -0.05) is 32.0 Å². The van der Waals surface area contributed by atoms with Crippen LogP contribution in [0, 0.1) is 11.7 Å². The molecule has 0 atom stereocenters. The van der Waals surface area contributed by atoms with Gasteiger partial charge >= 0.3 is 5.69 Å². The van der Waals surface area contributed by atoms with Crippen LogP contribution in [0.5, 0.6) is 0 Å². The van der Waals surface area contributed by atoms with E-state index in [1.807, 2.05) is 13.8 Å². The lowest BCUT2D eigenvalue weighted by molar-refractivity contribution is -0.121. The van der Waals surface area contributed by atoms with E-state index >= 15 is 0 Å². The van der Waals surface area contributed by atoms with E-state index in [9.17, 15) is 23.6 Å². The molecule has 0 spiro atoms. The van der Waals surface area contributed by atoms with Crippen molar-refractivity contribution < 1.29 is 14.0 Å². The fourth-order valence-corrected chi connectivity index (χ4v) is 3.59. The van der Waals surface area contributed by atoms with Crippen molar-refractivity contribution in [2.24, 2.45) is 5.92 Å². The highest BCUT2D eigenvalue weighted by Crippen LogP contribution is 2.11. The van der Waals surface area contributed by atoms with E-state index in [1.165, 1.54) is 22.8 Å². The average Bonchev–Trinajstić information content (AvgIpc) is 2.80. The van der Waals surface area contributed by atoms with Crippen LogP contribution in [0.1, 0.15) is 33.1 Å². The molecule has 0 bridgehead atoms. The van der Waals surface area contributed by atoms with Gasteiger partial charge in [0.15, 0.2) is 0 Å². The first-order chi connectivity index (χ1) is 16.3. The second-order valence-electron chi connectivity index (χ2n) is 8.56. The van der Waals surface area contributed by atoms with E-state index in [2.05, 4.69) is 10.6 Å². The quantitative estimate of drug-likeness (QED) is 0.447. The van der Waals surface area contributed by atoms with Gasteiger partial charge in [-0.2, -0.15) is 0 Å². The molecule has 2 aromatic carbocycles. The Morgan fingerprint density at radius 2 is 1.74 bits per heavy atom. The number of fused-ring (bicyclic) bond motifs is 1. The summed E-state index contributed by atoms with van der Waals surface area (Å²) < 4.78 is 15.8. The molecule has 0 saturated carbocycles. The molecule has 9 heteroatoms. The molecule has 34 heavy (non-hydrogen) atoms. The van der Waals surface area contributed by atoms with E-state index in [1.54, 1.807) is 30.3 Å². The number of carbonyl (C=O) groups is 2. The van der Waals surface area contributed by atoms with Gasteiger partial charge in [-0.3, -0.25) is 23.5 Å². The number of unbranched alkanes of at least 4 members (excludes halogenated alkanes) is 1. The molecule has 0 aliphatic carbocycles. The predicted octanol–water partition coefficient (Wildman–Crippen LogP) is 2.88. The van der Waals surface area contributed by atoms with Crippen LogP contribution in [0.15, 0.2) is 58.1 Å². The van der Waals surface area contributed by atoms with Gasteiger partial charge in [0.25, 0.3) is 5.56 Å². The Labute approximate surface area is 196 Å². The minimum absolute atomic E-state index is 0.0639. The molecule has 1 aromatic heterocycles. The summed E-state index contributed by atoms with van der Waals surface area (Å²) in [6.45, 7) is 4.41. The monoisotopic (exact) mass is 468 g/mol. The van der Waals surface area contributed by atoms with E-state index in [0.717, 1.165) is 4.57 Å². The molecule has 180 valence electrons. The fraction of sp³-hybridized carbons (Fsp3) is 0.360. The van der Waals surface area contributed by atoms with Crippen molar-refractivity contribution >= 4 is 28.4 Å². The standard InChI is InChI=1S/C25H29FN4O4/c1-17(2)15-27-22(31)12-5-6-13-29-24(33)20-10-3-4-11-21(20)30(25(29)34)16-23(32)28-19-9-7-8-18(26)14-19/h3-4,7-11,14,17H,5-6,12-13,15-16H2,1-2H3,(H,27,31)(H,28,32). The van der Waals surface area contributed by atoms with Crippen LogP contribution >= 0.6 is 0 Å². The first-order valence-electron chi connectivity index (χ1n) is 11.3. The van der Waals surface area contributed by atoms with Gasteiger partial charge in [-0.25, -0.2) is 9.18 Å². The van der Waals surface area contributed by atoms with Gasteiger partial charge in [0, 0.05) is 25.2 Å². The van der Waals surface area contributed by atoms with Crippen LogP contribution in [-0.4, -0.2) is 27.5 Å². The zero-order valence-corrected chi connectivity index (χ0v) is 19.3. The minimum Gasteiger partial charge on any atom is -0.356 e. The molecule has 0 radical (unpaired) electrons. The zero-order valence-electron chi connectivity index (χ0n) is 19.3. The smallest absolute Gasteiger partial charge is 0.331 e. The van der Waals surface area contributed by atoms with Crippen molar-refractivity contribution in [2.45, 2.75) is 46.2 Å². The number of benzene rings is 2. The van der Waals surface area contributed by atoms with Crippen LogP contribution in [0.25, 0.3) is 10.9 Å². The highest BCUT2D eigenvalue weighted by molar-refractivity contribution is 5.91. The number of carbonyl (C=O) groups excluding carboxylic acids is 2. The van der Waals surface area contributed by atoms with Gasteiger partial charge in [-0.05, 0) is 49.1 Å². The topological polar surface area (TPSA) is 102 Å². The third-order valence-electron chi connectivity index (χ3n) is 5.29. The molecule has 1 heterocycles. The van der Waals surface area contributed by atoms with Crippen molar-refractivity contribution in [1.29, 1.82) is 0 Å². The summed E-state index contributed by atoms with van der Waals surface area (Å²) in [6, 6.07) is 12.0. The maximum atomic E-state index is 13.4. The number of hydrogen-bond donors (Lipinski definition) is 2. The summed E-state index contributed by atoms with van der Waals surface area (Å²) in [5.74, 6) is -0.723. The number of para-hydroxylation sites is 1. The van der Waals surface area contributed by atoms with Crippen molar-refractivity contribution in [3.63, 3.8) is 0 Å². The van der Waals surface area contributed by atoms with Gasteiger partial charge in [0.2, 0.25) is 11.8 Å². The van der Waals surface area contributed by atoms with Gasteiger partial charge in [-0.15, -0.1) is 0 Å². The van der Waals surface area contributed by atoms with E-state index in [0.29, 0.717) is 42.6 Å². The average molecular weight is 469 g/mol. The van der Waals surface area contributed by atoms with Gasteiger partial charge < -0.3 is 10.6 Å². The number of nitrogens with zero attached hydrogens (tertiary/aromatic N) is 2. The molecule has 3 rings (SSSR count). The van der Waals surface area contributed by atoms with Crippen molar-refractivity contribution in [1.82, 2.24) is 14.5 Å². The van der Waals surface area contributed by atoms with Gasteiger partial charge in [0.05, 0.1) is 10.9 Å². The lowest BCUT2D eigenvalue weighted by Crippen LogP contribution is -2.41. The molecule has 8 nitrogen and oxygen atoms in total. The Morgan fingerprint density at radius 1 is 0.971 bits per heavy atom. The van der Waals surface area contributed by atoms with E-state index in [4.69, 9.17) is 0 Å². The first-order valence-corrected chi connectivity index (χ1v) is 11.3. The highest BCUT2D eigenvalue weighted by Gasteiger charge is 2.15. The summed E-state index contributed by atoms with van der Waals surface area (Å²) in [7, 11) is 0. The SMILES string of the molecule is CC(C)CNC(=O)CCCCn1c(=O)c2ccccc2n(CC(=O)Nc2cccc(F)c2)c1=O. The Morgan fingerprint density at radius 3 is 2.47 bits per heavy atom. The molecule has 0 aliphatic heterocycles. The number of hydrogen-bond acceptors (Lipinski definition) is 4. The summed E-state index contributed by atoms with van der Waals surface area (Å²) in [6.07, 6.45) is 1.28. The summed E-state index contributed by atoms with van der Waals surface area (Å²) in [4.78, 5) is 50.6. The molecule has 0 unspecified atom stereocenters. The second-order valence-corrected chi connectivity index (χ2v) is 8.56. The fourth-order valence-electron chi connectivity index (χ4n) is 3.59. The van der Waals surface area contributed by atoms with Crippen LogP contribution in [-0.2, 0) is 22.7 Å². The molecule has 2 N–H and O–H groups in total. The van der Waals surface area contributed by atoms with Crippen molar-refractivity contribution in [3.05, 3.63) is 75.2 Å².